The Morgan fingerprint density at radius 3 is 1.44 bits per heavy atom. The lowest BCUT2D eigenvalue weighted by Gasteiger charge is -2.43. The molecule has 0 N–H and O–H groups in total. The van der Waals surface area contributed by atoms with Crippen molar-refractivity contribution in [1.29, 1.82) is 0 Å². The van der Waals surface area contributed by atoms with Gasteiger partial charge in [0.15, 0.2) is 0 Å². The van der Waals surface area contributed by atoms with Gasteiger partial charge >= 0.3 is 0 Å². The molecule has 0 aromatic heterocycles. The van der Waals surface area contributed by atoms with E-state index < -0.39 is 5.54 Å². The summed E-state index contributed by atoms with van der Waals surface area (Å²) >= 11 is 0. The van der Waals surface area contributed by atoms with Gasteiger partial charge in [-0.2, -0.15) is 0 Å². The van der Waals surface area contributed by atoms with Crippen molar-refractivity contribution in [3.05, 3.63) is 132 Å². The summed E-state index contributed by atoms with van der Waals surface area (Å²) in [7, 11) is 0. The molecular formula is C26H27N. The van der Waals surface area contributed by atoms with Crippen molar-refractivity contribution in [2.24, 2.45) is 0 Å². The molecule has 3 aromatic carbocycles. The lowest BCUT2D eigenvalue weighted by molar-refractivity contribution is 0.313. The van der Waals surface area contributed by atoms with Crippen LogP contribution in [0.15, 0.2) is 116 Å². The van der Waals surface area contributed by atoms with E-state index >= 15 is 0 Å². The molecule has 0 saturated heterocycles. The molecule has 0 radical (unpaired) electrons. The van der Waals surface area contributed by atoms with Crippen molar-refractivity contribution in [2.75, 3.05) is 0 Å². The normalized spacial score (nSPS) is 11.9. The number of hydrogen-bond acceptors (Lipinski definition) is 1. The van der Waals surface area contributed by atoms with E-state index in [9.17, 15) is 0 Å². The molecule has 3 aromatic rings. The molecule has 1 heteroatoms. The third-order valence-corrected chi connectivity index (χ3v) is 5.08. The van der Waals surface area contributed by atoms with E-state index in [1.165, 1.54) is 22.3 Å². The average molecular weight is 354 g/mol. The molecular weight excluding hydrogens is 326 g/mol. The zero-order chi connectivity index (χ0) is 19.1. The van der Waals surface area contributed by atoms with Crippen LogP contribution in [0.1, 0.15) is 37.0 Å². The minimum atomic E-state index is -0.484. The van der Waals surface area contributed by atoms with Gasteiger partial charge in [-0.3, -0.25) is 0 Å². The Hall–Kier alpha value is -3.06. The molecule has 136 valence electrons. The predicted molar refractivity (Wildman–Crippen MR) is 115 cm³/mol. The van der Waals surface area contributed by atoms with E-state index in [1.54, 1.807) is 0 Å². The van der Waals surface area contributed by atoms with Crippen LogP contribution < -0.4 is 0 Å². The van der Waals surface area contributed by atoms with E-state index in [-0.39, 0.29) is 0 Å². The van der Waals surface area contributed by atoms with Crippen molar-refractivity contribution in [1.82, 2.24) is 4.90 Å². The van der Waals surface area contributed by atoms with E-state index in [4.69, 9.17) is 0 Å². The van der Waals surface area contributed by atoms with Crippen LogP contribution in [0, 0.1) is 0 Å². The molecule has 0 saturated carbocycles. The Kier molecular flexibility index (Phi) is 5.93. The van der Waals surface area contributed by atoms with Crippen LogP contribution in [0.5, 0.6) is 0 Å². The Balaban J connectivity index is 2.41. The Morgan fingerprint density at radius 1 is 0.778 bits per heavy atom. The summed E-state index contributed by atoms with van der Waals surface area (Å²) < 4.78 is 0. The number of rotatable bonds is 7. The standard InChI is InChI=1S/C26H27N/c1-4-22(3)21-27(5-2)26(23-15-9-6-10-16-23,24-17-11-7-12-18-24)25-19-13-8-14-20-25/h5-21H,2,4H2,1,3H3/b22-21-. The smallest absolute Gasteiger partial charge is 0.120 e. The molecule has 0 aliphatic carbocycles. The molecule has 3 rings (SSSR count). The fourth-order valence-electron chi connectivity index (χ4n) is 3.60. The van der Waals surface area contributed by atoms with Crippen molar-refractivity contribution >= 4 is 0 Å². The highest BCUT2D eigenvalue weighted by Crippen LogP contribution is 2.43. The maximum Gasteiger partial charge on any atom is 0.120 e. The molecule has 0 aliphatic heterocycles. The number of nitrogens with zero attached hydrogens (tertiary/aromatic N) is 1. The number of hydrogen-bond donors (Lipinski definition) is 0. The molecule has 0 unspecified atom stereocenters. The lowest BCUT2D eigenvalue weighted by atomic mass is 9.75. The summed E-state index contributed by atoms with van der Waals surface area (Å²) in [6.45, 7) is 8.52. The predicted octanol–water partition coefficient (Wildman–Crippen LogP) is 6.74. The van der Waals surface area contributed by atoms with Gasteiger partial charge in [-0.1, -0.05) is 110 Å². The summed E-state index contributed by atoms with van der Waals surface area (Å²) in [6.07, 6.45) is 5.16. The molecule has 0 fully saturated rings. The third-order valence-electron chi connectivity index (χ3n) is 5.08. The molecule has 0 bridgehead atoms. The molecule has 0 spiro atoms. The van der Waals surface area contributed by atoms with Gasteiger partial charge in [0.1, 0.15) is 5.54 Å². The molecule has 0 atom stereocenters. The lowest BCUT2D eigenvalue weighted by Crippen LogP contribution is -2.42. The van der Waals surface area contributed by atoms with Gasteiger partial charge in [0, 0.05) is 6.20 Å². The summed E-state index contributed by atoms with van der Waals surface area (Å²) in [4.78, 5) is 2.26. The van der Waals surface area contributed by atoms with Crippen LogP contribution in [0.2, 0.25) is 0 Å². The van der Waals surface area contributed by atoms with Gasteiger partial charge in [-0.05, 0) is 36.2 Å². The molecule has 0 amide bonds. The third kappa shape index (κ3) is 3.59. The second-order valence-electron chi connectivity index (χ2n) is 6.73. The highest BCUT2D eigenvalue weighted by atomic mass is 15.2. The van der Waals surface area contributed by atoms with Crippen molar-refractivity contribution in [3.63, 3.8) is 0 Å². The summed E-state index contributed by atoms with van der Waals surface area (Å²) in [6, 6.07) is 32.0. The van der Waals surface area contributed by atoms with Crippen LogP contribution in [0.25, 0.3) is 0 Å². The van der Waals surface area contributed by atoms with Gasteiger partial charge in [0.2, 0.25) is 0 Å². The van der Waals surface area contributed by atoms with E-state index in [0.29, 0.717) is 0 Å². The van der Waals surface area contributed by atoms with Crippen LogP contribution in [0.3, 0.4) is 0 Å². The minimum absolute atomic E-state index is 0.484. The SMILES string of the molecule is C=CN(/C=C(/C)CC)C(c1ccccc1)(c1ccccc1)c1ccccc1. The van der Waals surface area contributed by atoms with Gasteiger partial charge in [-0.15, -0.1) is 0 Å². The van der Waals surface area contributed by atoms with Crippen LogP contribution in [-0.2, 0) is 5.54 Å². The zero-order valence-electron chi connectivity index (χ0n) is 16.2. The maximum atomic E-state index is 4.17. The van der Waals surface area contributed by atoms with Gasteiger partial charge < -0.3 is 4.90 Å². The van der Waals surface area contributed by atoms with E-state index in [2.05, 4.69) is 123 Å². The first-order valence-electron chi connectivity index (χ1n) is 9.48. The van der Waals surface area contributed by atoms with Gasteiger partial charge in [0.25, 0.3) is 0 Å². The molecule has 27 heavy (non-hydrogen) atoms. The molecule has 1 nitrogen and oxygen atoms in total. The molecule has 0 aliphatic rings. The topological polar surface area (TPSA) is 3.24 Å². The number of allylic oxidation sites excluding steroid dienone is 1. The summed E-state index contributed by atoms with van der Waals surface area (Å²) in [5.74, 6) is 0. The second kappa shape index (κ2) is 8.55. The monoisotopic (exact) mass is 353 g/mol. The average Bonchev–Trinajstić information content (AvgIpc) is 2.75. The van der Waals surface area contributed by atoms with Crippen LogP contribution in [-0.4, -0.2) is 4.90 Å². The second-order valence-corrected chi connectivity index (χ2v) is 6.73. The largest absolute Gasteiger partial charge is 0.337 e. The first-order valence-corrected chi connectivity index (χ1v) is 9.48. The fraction of sp³-hybridized carbons (Fsp3) is 0.154. The maximum absolute atomic E-state index is 4.17. The zero-order valence-corrected chi connectivity index (χ0v) is 16.2. The Morgan fingerprint density at radius 2 is 1.15 bits per heavy atom. The summed E-state index contributed by atoms with van der Waals surface area (Å²) in [5.41, 5.74) is 4.46. The fourth-order valence-corrected chi connectivity index (χ4v) is 3.60. The van der Waals surface area contributed by atoms with Crippen molar-refractivity contribution < 1.29 is 0 Å². The highest BCUT2D eigenvalue weighted by molar-refractivity contribution is 5.50. The number of benzene rings is 3. The van der Waals surface area contributed by atoms with Crippen LogP contribution in [0.4, 0.5) is 0 Å². The first-order chi connectivity index (χ1) is 13.2. The summed E-state index contributed by atoms with van der Waals surface area (Å²) in [5, 5.41) is 0. The van der Waals surface area contributed by atoms with Gasteiger partial charge in [0.05, 0.1) is 0 Å². The van der Waals surface area contributed by atoms with Crippen LogP contribution >= 0.6 is 0 Å². The molecule has 0 heterocycles. The first kappa shape index (κ1) is 18.7. The Bertz CT molecular complexity index is 783. The van der Waals surface area contributed by atoms with Gasteiger partial charge in [-0.25, -0.2) is 0 Å². The van der Waals surface area contributed by atoms with Crippen molar-refractivity contribution in [3.8, 4) is 0 Å². The minimum Gasteiger partial charge on any atom is -0.337 e. The van der Waals surface area contributed by atoms with Crippen molar-refractivity contribution in [2.45, 2.75) is 25.8 Å². The van der Waals surface area contributed by atoms with E-state index in [0.717, 1.165) is 6.42 Å². The van der Waals surface area contributed by atoms with E-state index in [1.807, 2.05) is 6.20 Å². The quantitative estimate of drug-likeness (QED) is 0.425. The Labute approximate surface area is 163 Å². The highest BCUT2D eigenvalue weighted by Gasteiger charge is 2.40.